The molecule has 0 bridgehead atoms. The molecule has 0 amide bonds. The van der Waals surface area contributed by atoms with Crippen LogP contribution in [-0.2, 0) is 17.1 Å². The fourth-order valence-corrected chi connectivity index (χ4v) is 4.57. The monoisotopic (exact) mass is 339 g/mol. The molecule has 1 aliphatic rings. The molecule has 8 heteroatoms. The highest BCUT2D eigenvalue weighted by atomic mass is 32.2. The second-order valence-electron chi connectivity index (χ2n) is 5.62. The molecule has 2 aromatic rings. The van der Waals surface area contributed by atoms with Crippen LogP contribution in [-0.4, -0.2) is 24.8 Å². The standard InChI is InChI=1S/C15H18FN3O3S/c1-9-15(10(2)19(3)17-9)23(20,21)18-13-6-7-22-14-5-4-11(16)8-12(13)14/h4-5,8,13,18H,6-7H2,1-3H3/t13-/m0/s1. The minimum Gasteiger partial charge on any atom is -0.493 e. The van der Waals surface area contributed by atoms with E-state index in [1.54, 1.807) is 20.9 Å². The van der Waals surface area contributed by atoms with Crippen LogP contribution >= 0.6 is 0 Å². The molecule has 1 aromatic carbocycles. The van der Waals surface area contributed by atoms with E-state index in [2.05, 4.69) is 9.82 Å². The molecule has 6 nitrogen and oxygen atoms in total. The number of nitrogens with one attached hydrogen (secondary N) is 1. The molecule has 3 rings (SSSR count). The Morgan fingerprint density at radius 2 is 2.13 bits per heavy atom. The van der Waals surface area contributed by atoms with Crippen LogP contribution in [0.25, 0.3) is 0 Å². The minimum atomic E-state index is -3.77. The smallest absolute Gasteiger partial charge is 0.244 e. The Labute approximate surface area is 134 Å². The van der Waals surface area contributed by atoms with Gasteiger partial charge in [0.05, 0.1) is 24.0 Å². The highest BCUT2D eigenvalue weighted by Gasteiger charge is 2.30. The summed E-state index contributed by atoms with van der Waals surface area (Å²) in [6, 6.07) is 3.60. The van der Waals surface area contributed by atoms with Crippen molar-refractivity contribution in [3.05, 3.63) is 41.0 Å². The fourth-order valence-electron chi connectivity index (χ4n) is 2.88. The number of hydrogen-bond acceptors (Lipinski definition) is 4. The van der Waals surface area contributed by atoms with Gasteiger partial charge in [-0.1, -0.05) is 0 Å². The summed E-state index contributed by atoms with van der Waals surface area (Å²) in [5.74, 6) is 0.0807. The van der Waals surface area contributed by atoms with Crippen LogP contribution in [0.2, 0.25) is 0 Å². The summed E-state index contributed by atoms with van der Waals surface area (Å²) < 4.78 is 48.7. The van der Waals surface area contributed by atoms with E-state index in [-0.39, 0.29) is 4.90 Å². The predicted octanol–water partition coefficient (Wildman–Crippen LogP) is 1.98. The van der Waals surface area contributed by atoms with Gasteiger partial charge in [0.15, 0.2) is 0 Å². The molecule has 0 aliphatic carbocycles. The van der Waals surface area contributed by atoms with Crippen molar-refractivity contribution in [2.24, 2.45) is 7.05 Å². The summed E-state index contributed by atoms with van der Waals surface area (Å²) >= 11 is 0. The molecule has 124 valence electrons. The molecule has 0 radical (unpaired) electrons. The highest BCUT2D eigenvalue weighted by molar-refractivity contribution is 7.89. The van der Waals surface area contributed by atoms with Crippen molar-refractivity contribution in [1.82, 2.24) is 14.5 Å². The van der Waals surface area contributed by atoms with E-state index in [1.807, 2.05) is 0 Å². The fraction of sp³-hybridized carbons (Fsp3) is 0.400. The first-order valence-electron chi connectivity index (χ1n) is 7.24. The molecule has 2 heterocycles. The van der Waals surface area contributed by atoms with Crippen LogP contribution in [0.15, 0.2) is 23.1 Å². The third-order valence-electron chi connectivity index (χ3n) is 4.02. The molecular weight excluding hydrogens is 321 g/mol. The van der Waals surface area contributed by atoms with Crippen molar-refractivity contribution in [2.75, 3.05) is 6.61 Å². The van der Waals surface area contributed by atoms with Gasteiger partial charge >= 0.3 is 0 Å². The zero-order valence-corrected chi connectivity index (χ0v) is 13.9. The summed E-state index contributed by atoms with van der Waals surface area (Å²) in [6.07, 6.45) is 0.439. The van der Waals surface area contributed by atoms with Gasteiger partial charge in [0.1, 0.15) is 16.5 Å². The second-order valence-corrected chi connectivity index (χ2v) is 7.27. The van der Waals surface area contributed by atoms with Gasteiger partial charge < -0.3 is 4.74 Å². The topological polar surface area (TPSA) is 73.2 Å². The van der Waals surface area contributed by atoms with Crippen LogP contribution in [0.5, 0.6) is 5.75 Å². The van der Waals surface area contributed by atoms with Gasteiger partial charge in [-0.05, 0) is 32.0 Å². The Balaban J connectivity index is 1.98. The number of rotatable bonds is 3. The van der Waals surface area contributed by atoms with E-state index in [1.165, 1.54) is 22.9 Å². The molecule has 0 fully saturated rings. The van der Waals surface area contributed by atoms with Crippen molar-refractivity contribution < 1.29 is 17.5 Å². The van der Waals surface area contributed by atoms with Crippen molar-refractivity contribution >= 4 is 10.0 Å². The maximum atomic E-state index is 13.5. The SMILES string of the molecule is Cc1nn(C)c(C)c1S(=O)(=O)N[C@H]1CCOc2ccc(F)cc21. The average Bonchev–Trinajstić information content (AvgIpc) is 2.73. The van der Waals surface area contributed by atoms with Crippen molar-refractivity contribution in [2.45, 2.75) is 31.2 Å². The summed E-state index contributed by atoms with van der Waals surface area (Å²) in [6.45, 7) is 3.72. The minimum absolute atomic E-state index is 0.171. The molecule has 1 atom stereocenters. The lowest BCUT2D eigenvalue weighted by atomic mass is 10.0. The normalized spacial score (nSPS) is 17.7. The average molecular weight is 339 g/mol. The van der Waals surface area contributed by atoms with Gasteiger partial charge in [0.25, 0.3) is 0 Å². The Bertz CT molecular complexity index is 861. The first-order valence-corrected chi connectivity index (χ1v) is 8.72. The Morgan fingerprint density at radius 1 is 1.39 bits per heavy atom. The number of benzene rings is 1. The van der Waals surface area contributed by atoms with E-state index >= 15 is 0 Å². The van der Waals surface area contributed by atoms with Gasteiger partial charge in [0, 0.05) is 19.0 Å². The van der Waals surface area contributed by atoms with Crippen LogP contribution in [0.3, 0.4) is 0 Å². The van der Waals surface area contributed by atoms with Gasteiger partial charge in [-0.25, -0.2) is 17.5 Å². The first kappa shape index (κ1) is 15.9. The third-order valence-corrected chi connectivity index (χ3v) is 5.74. The van der Waals surface area contributed by atoms with E-state index in [0.29, 0.717) is 35.7 Å². The molecule has 0 saturated carbocycles. The number of aromatic nitrogens is 2. The lowest BCUT2D eigenvalue weighted by Gasteiger charge is -2.26. The summed E-state index contributed by atoms with van der Waals surface area (Å²) in [4.78, 5) is 0.171. The number of halogens is 1. The second kappa shape index (κ2) is 5.61. The van der Waals surface area contributed by atoms with Crippen molar-refractivity contribution in [3.8, 4) is 5.75 Å². The summed E-state index contributed by atoms with van der Waals surface area (Å²) in [7, 11) is -2.07. The Hall–Kier alpha value is -1.93. The Morgan fingerprint density at radius 3 is 2.78 bits per heavy atom. The van der Waals surface area contributed by atoms with Gasteiger partial charge in [-0.2, -0.15) is 5.10 Å². The number of nitrogens with zero attached hydrogens (tertiary/aromatic N) is 2. The molecular formula is C15H18FN3O3S. The first-order chi connectivity index (χ1) is 10.8. The Kier molecular flexibility index (Phi) is 3.89. The molecule has 0 saturated heterocycles. The van der Waals surface area contributed by atoms with E-state index in [9.17, 15) is 12.8 Å². The van der Waals surface area contributed by atoms with Crippen LogP contribution in [0, 0.1) is 19.7 Å². The molecule has 0 unspecified atom stereocenters. The quantitative estimate of drug-likeness (QED) is 0.928. The van der Waals surface area contributed by atoms with Gasteiger partial charge in [0.2, 0.25) is 10.0 Å². The number of sulfonamides is 1. The third kappa shape index (κ3) is 2.84. The van der Waals surface area contributed by atoms with E-state index < -0.39 is 21.9 Å². The number of fused-ring (bicyclic) bond motifs is 1. The van der Waals surface area contributed by atoms with E-state index in [0.717, 1.165) is 0 Å². The van der Waals surface area contributed by atoms with E-state index in [4.69, 9.17) is 4.74 Å². The number of ether oxygens (including phenoxy) is 1. The largest absolute Gasteiger partial charge is 0.493 e. The van der Waals surface area contributed by atoms with Crippen molar-refractivity contribution in [1.29, 1.82) is 0 Å². The van der Waals surface area contributed by atoms with Crippen molar-refractivity contribution in [3.63, 3.8) is 0 Å². The van der Waals surface area contributed by atoms with Crippen LogP contribution in [0.4, 0.5) is 4.39 Å². The maximum Gasteiger partial charge on any atom is 0.244 e. The zero-order valence-electron chi connectivity index (χ0n) is 13.1. The zero-order chi connectivity index (χ0) is 16.8. The number of aryl methyl sites for hydroxylation is 2. The lowest BCUT2D eigenvalue weighted by molar-refractivity contribution is 0.262. The van der Waals surface area contributed by atoms with Crippen LogP contribution in [0.1, 0.15) is 29.4 Å². The van der Waals surface area contributed by atoms with Crippen LogP contribution < -0.4 is 9.46 Å². The molecule has 1 aromatic heterocycles. The predicted molar refractivity (Wildman–Crippen MR) is 82.3 cm³/mol. The van der Waals surface area contributed by atoms with Gasteiger partial charge in [-0.3, -0.25) is 4.68 Å². The number of hydrogen-bond donors (Lipinski definition) is 1. The molecule has 1 aliphatic heterocycles. The highest BCUT2D eigenvalue weighted by Crippen LogP contribution is 2.34. The molecule has 23 heavy (non-hydrogen) atoms. The van der Waals surface area contributed by atoms with Gasteiger partial charge in [-0.15, -0.1) is 0 Å². The molecule has 0 spiro atoms. The summed E-state index contributed by atoms with van der Waals surface area (Å²) in [5, 5.41) is 4.14. The maximum absolute atomic E-state index is 13.5. The lowest BCUT2D eigenvalue weighted by Crippen LogP contribution is -2.32. The molecule has 1 N–H and O–H groups in total. The summed E-state index contributed by atoms with van der Waals surface area (Å²) in [5.41, 5.74) is 1.50.